The molecule has 8 heteroatoms. The Bertz CT molecular complexity index is 971. The highest BCUT2D eigenvalue weighted by Gasteiger charge is 2.40. The summed E-state index contributed by atoms with van der Waals surface area (Å²) in [7, 11) is 0. The molecule has 0 radical (unpaired) electrons. The molecule has 2 unspecified atom stereocenters. The van der Waals surface area contributed by atoms with Crippen molar-refractivity contribution in [3.8, 4) is 11.5 Å². The molecule has 1 aromatic carbocycles. The fourth-order valence-electron chi connectivity index (χ4n) is 3.78. The van der Waals surface area contributed by atoms with Crippen LogP contribution in [0.15, 0.2) is 59.7 Å². The zero-order chi connectivity index (χ0) is 18.9. The van der Waals surface area contributed by atoms with E-state index in [2.05, 4.69) is 20.8 Å². The average Bonchev–Trinajstić information content (AvgIpc) is 3.47. The van der Waals surface area contributed by atoms with Crippen LogP contribution >= 0.6 is 0 Å². The summed E-state index contributed by atoms with van der Waals surface area (Å²) >= 11 is 0. The van der Waals surface area contributed by atoms with E-state index in [0.717, 1.165) is 24.1 Å². The second kappa shape index (κ2) is 7.06. The van der Waals surface area contributed by atoms with Gasteiger partial charge in [0.15, 0.2) is 12.2 Å². The predicted octanol–water partition coefficient (Wildman–Crippen LogP) is 2.16. The van der Waals surface area contributed by atoms with E-state index in [9.17, 15) is 4.79 Å². The first kappa shape index (κ1) is 16.9. The third-order valence-corrected chi connectivity index (χ3v) is 5.07. The highest BCUT2D eigenvalue weighted by molar-refractivity contribution is 5.83. The van der Waals surface area contributed by atoms with E-state index >= 15 is 0 Å². The van der Waals surface area contributed by atoms with E-state index in [0.29, 0.717) is 23.8 Å². The number of hydrogen-bond donors (Lipinski definition) is 2. The number of carbonyl (C=O) groups excluding carboxylic acids is 1. The minimum absolute atomic E-state index is 0.0392. The van der Waals surface area contributed by atoms with Gasteiger partial charge in [0.05, 0.1) is 12.4 Å². The van der Waals surface area contributed by atoms with Gasteiger partial charge in [-0.2, -0.15) is 0 Å². The average molecular weight is 377 g/mol. The maximum absolute atomic E-state index is 13.1. The molecule has 28 heavy (non-hydrogen) atoms. The number of nitrogens with one attached hydrogen (secondary N) is 2. The summed E-state index contributed by atoms with van der Waals surface area (Å²) in [4.78, 5) is 23.1. The normalized spacial score (nSPS) is 20.9. The SMILES string of the molecule is O=C(C1CCNN1)N1Cc2cc(Oc3cccnc3)ccc2C1c1cnco1. The minimum Gasteiger partial charge on any atom is -0.456 e. The Balaban J connectivity index is 1.47. The van der Waals surface area contributed by atoms with Crippen LogP contribution in [-0.4, -0.2) is 33.4 Å². The molecule has 2 aliphatic rings. The predicted molar refractivity (Wildman–Crippen MR) is 99.2 cm³/mol. The molecule has 3 aromatic rings. The van der Waals surface area contributed by atoms with Gasteiger partial charge in [-0.25, -0.2) is 10.4 Å². The van der Waals surface area contributed by atoms with Gasteiger partial charge in [-0.15, -0.1) is 0 Å². The Morgan fingerprint density at radius 1 is 1.21 bits per heavy atom. The van der Waals surface area contributed by atoms with Crippen LogP contribution in [0, 0.1) is 0 Å². The summed E-state index contributed by atoms with van der Waals surface area (Å²) in [6.45, 7) is 1.26. The molecule has 8 nitrogen and oxygen atoms in total. The van der Waals surface area contributed by atoms with Crippen LogP contribution in [0.2, 0.25) is 0 Å². The number of ether oxygens (including phenoxy) is 1. The Morgan fingerprint density at radius 3 is 2.93 bits per heavy atom. The first-order chi connectivity index (χ1) is 13.8. The number of fused-ring (bicyclic) bond motifs is 1. The lowest BCUT2D eigenvalue weighted by molar-refractivity contribution is -0.135. The van der Waals surface area contributed by atoms with E-state index in [-0.39, 0.29) is 18.0 Å². The third-order valence-electron chi connectivity index (χ3n) is 5.07. The molecule has 0 saturated carbocycles. The van der Waals surface area contributed by atoms with Crippen LogP contribution in [0.1, 0.15) is 29.3 Å². The van der Waals surface area contributed by atoms with E-state index in [1.54, 1.807) is 18.6 Å². The van der Waals surface area contributed by atoms with Crippen molar-refractivity contribution in [1.82, 2.24) is 25.7 Å². The molecule has 5 rings (SSSR count). The van der Waals surface area contributed by atoms with Gasteiger partial charge in [-0.1, -0.05) is 6.07 Å². The van der Waals surface area contributed by atoms with Gasteiger partial charge in [-0.3, -0.25) is 15.2 Å². The highest BCUT2D eigenvalue weighted by atomic mass is 16.5. The van der Waals surface area contributed by atoms with E-state index in [4.69, 9.17) is 9.15 Å². The second-order valence-corrected chi connectivity index (χ2v) is 6.84. The molecule has 2 N–H and O–H groups in total. The molecule has 1 fully saturated rings. The molecule has 0 bridgehead atoms. The number of nitrogens with zero attached hydrogens (tertiary/aromatic N) is 3. The van der Waals surface area contributed by atoms with Crippen molar-refractivity contribution in [2.45, 2.75) is 25.0 Å². The molecule has 1 amide bonds. The van der Waals surface area contributed by atoms with Crippen LogP contribution < -0.4 is 15.6 Å². The topological polar surface area (TPSA) is 92.5 Å². The van der Waals surface area contributed by atoms with Crippen molar-refractivity contribution in [3.05, 3.63) is 72.2 Å². The second-order valence-electron chi connectivity index (χ2n) is 6.84. The number of amides is 1. The van der Waals surface area contributed by atoms with E-state index in [1.807, 2.05) is 35.2 Å². The number of aromatic nitrogens is 2. The number of benzene rings is 1. The van der Waals surface area contributed by atoms with Gasteiger partial charge in [0.1, 0.15) is 23.6 Å². The Morgan fingerprint density at radius 2 is 2.18 bits per heavy atom. The number of oxazole rings is 1. The molecule has 4 heterocycles. The van der Waals surface area contributed by atoms with Crippen molar-refractivity contribution in [2.24, 2.45) is 0 Å². The van der Waals surface area contributed by atoms with Crippen molar-refractivity contribution >= 4 is 5.91 Å². The summed E-state index contributed by atoms with van der Waals surface area (Å²) < 4.78 is 11.5. The summed E-state index contributed by atoms with van der Waals surface area (Å²) in [5.74, 6) is 2.07. The molecular weight excluding hydrogens is 358 g/mol. The van der Waals surface area contributed by atoms with Gasteiger partial charge < -0.3 is 14.1 Å². The van der Waals surface area contributed by atoms with Crippen LogP contribution in [0.4, 0.5) is 0 Å². The molecule has 0 spiro atoms. The van der Waals surface area contributed by atoms with E-state index in [1.165, 1.54) is 6.39 Å². The summed E-state index contributed by atoms with van der Waals surface area (Å²) in [5.41, 5.74) is 8.13. The number of pyridine rings is 1. The lowest BCUT2D eigenvalue weighted by Crippen LogP contribution is -2.45. The van der Waals surface area contributed by atoms with Gasteiger partial charge in [0, 0.05) is 19.3 Å². The van der Waals surface area contributed by atoms with Gasteiger partial charge in [0.25, 0.3) is 0 Å². The van der Waals surface area contributed by atoms with Crippen LogP contribution in [0.3, 0.4) is 0 Å². The molecule has 2 atom stereocenters. The summed E-state index contributed by atoms with van der Waals surface area (Å²) in [5, 5.41) is 0. The molecule has 0 aliphatic carbocycles. The van der Waals surface area contributed by atoms with Crippen LogP contribution in [0.25, 0.3) is 0 Å². The first-order valence-electron chi connectivity index (χ1n) is 9.17. The van der Waals surface area contributed by atoms with Gasteiger partial charge in [-0.05, 0) is 41.8 Å². The van der Waals surface area contributed by atoms with Gasteiger partial charge >= 0.3 is 0 Å². The van der Waals surface area contributed by atoms with Crippen molar-refractivity contribution in [1.29, 1.82) is 0 Å². The van der Waals surface area contributed by atoms with Crippen molar-refractivity contribution in [2.75, 3.05) is 6.54 Å². The van der Waals surface area contributed by atoms with Crippen LogP contribution in [0.5, 0.6) is 11.5 Å². The lowest BCUT2D eigenvalue weighted by atomic mass is 10.0. The van der Waals surface area contributed by atoms with Crippen LogP contribution in [-0.2, 0) is 11.3 Å². The zero-order valence-electron chi connectivity index (χ0n) is 15.0. The quantitative estimate of drug-likeness (QED) is 0.720. The molecule has 2 aliphatic heterocycles. The lowest BCUT2D eigenvalue weighted by Gasteiger charge is -2.26. The molecule has 1 saturated heterocycles. The standard InChI is InChI=1S/C20H19N5O3/c26-20(17-5-7-23-24-17)25-11-13-8-14(28-15-2-1-6-21-9-15)3-4-16(13)19(25)18-10-22-12-27-18/h1-4,6,8-10,12,17,19,23-24H,5,7,11H2. The summed E-state index contributed by atoms with van der Waals surface area (Å²) in [6.07, 6.45) is 7.18. The fourth-order valence-corrected chi connectivity index (χ4v) is 3.78. The number of hydrogen-bond acceptors (Lipinski definition) is 7. The maximum atomic E-state index is 13.1. The van der Waals surface area contributed by atoms with E-state index < -0.39 is 0 Å². The summed E-state index contributed by atoms with van der Waals surface area (Å²) in [6, 6.07) is 9.00. The Hall–Kier alpha value is -3.23. The number of carbonyl (C=O) groups is 1. The Labute approximate surface area is 161 Å². The van der Waals surface area contributed by atoms with Crippen molar-refractivity contribution < 1.29 is 13.9 Å². The smallest absolute Gasteiger partial charge is 0.242 e. The number of rotatable bonds is 4. The fraction of sp³-hybridized carbons (Fsp3) is 0.250. The van der Waals surface area contributed by atoms with Gasteiger partial charge in [0.2, 0.25) is 5.91 Å². The molecule has 142 valence electrons. The molecule has 2 aromatic heterocycles. The molecular formula is C20H19N5O3. The highest BCUT2D eigenvalue weighted by Crippen LogP contribution is 2.41. The number of hydrazine groups is 1. The zero-order valence-corrected chi connectivity index (χ0v) is 15.0. The Kier molecular flexibility index (Phi) is 4.27. The monoisotopic (exact) mass is 377 g/mol. The minimum atomic E-state index is -0.292. The van der Waals surface area contributed by atoms with Crippen molar-refractivity contribution in [3.63, 3.8) is 0 Å². The third kappa shape index (κ3) is 3.02. The largest absolute Gasteiger partial charge is 0.456 e. The maximum Gasteiger partial charge on any atom is 0.242 e. The first-order valence-corrected chi connectivity index (χ1v) is 9.17.